The van der Waals surface area contributed by atoms with E-state index in [1.807, 2.05) is 6.92 Å². The Morgan fingerprint density at radius 1 is 1.54 bits per heavy atom. The Labute approximate surface area is 77.4 Å². The minimum Gasteiger partial charge on any atom is -0.478 e. The smallest absolute Gasteiger partial charge is 0.331 e. The zero-order chi connectivity index (χ0) is 10.0. The van der Waals surface area contributed by atoms with Gasteiger partial charge in [-0.3, -0.25) is 0 Å². The number of rotatable bonds is 3. The summed E-state index contributed by atoms with van der Waals surface area (Å²) >= 11 is 0. The molecule has 3 heteroatoms. The topological polar surface area (TPSA) is 54.4 Å². The standard InChI is InChI=1S/C10H14O3/c1-6-3-4-8(9(6)5-11)7(2)10(12)13/h5-6,8-9H,2-4H2,1H3,(H,12,13)/t6-,8+,9?/m0/s1. The van der Waals surface area contributed by atoms with Crippen molar-refractivity contribution < 1.29 is 14.7 Å². The molecule has 1 rings (SSSR count). The molecule has 3 nitrogen and oxygen atoms in total. The molecule has 1 aliphatic carbocycles. The molecular weight excluding hydrogens is 168 g/mol. The van der Waals surface area contributed by atoms with Gasteiger partial charge in [-0.25, -0.2) is 4.79 Å². The molecule has 0 aromatic carbocycles. The molecule has 0 spiro atoms. The molecule has 1 N–H and O–H groups in total. The molecule has 0 bridgehead atoms. The quantitative estimate of drug-likeness (QED) is 0.531. The molecule has 0 amide bonds. The third kappa shape index (κ3) is 1.79. The Bertz CT molecular complexity index is 245. The van der Waals surface area contributed by atoms with Gasteiger partial charge in [0.25, 0.3) is 0 Å². The molecule has 0 heterocycles. The highest BCUT2D eigenvalue weighted by molar-refractivity contribution is 5.87. The van der Waals surface area contributed by atoms with Crippen LogP contribution >= 0.6 is 0 Å². The molecule has 0 radical (unpaired) electrons. The molecule has 3 atom stereocenters. The van der Waals surface area contributed by atoms with Crippen LogP contribution in [0.2, 0.25) is 0 Å². The van der Waals surface area contributed by atoms with Crippen molar-refractivity contribution in [2.24, 2.45) is 17.8 Å². The van der Waals surface area contributed by atoms with Crippen LogP contribution in [0, 0.1) is 17.8 Å². The summed E-state index contributed by atoms with van der Waals surface area (Å²) in [6.07, 6.45) is 2.56. The van der Waals surface area contributed by atoms with Gasteiger partial charge in [-0.05, 0) is 18.8 Å². The van der Waals surface area contributed by atoms with Gasteiger partial charge < -0.3 is 9.90 Å². The van der Waals surface area contributed by atoms with Crippen molar-refractivity contribution in [2.75, 3.05) is 0 Å². The van der Waals surface area contributed by atoms with Gasteiger partial charge in [0.1, 0.15) is 6.29 Å². The van der Waals surface area contributed by atoms with Crippen LogP contribution in [0.1, 0.15) is 19.8 Å². The SMILES string of the molecule is C=C(C(=O)O)[C@H]1CC[C@H](C)C1C=O. The second-order valence-corrected chi connectivity index (χ2v) is 3.70. The fourth-order valence-electron chi connectivity index (χ4n) is 2.02. The lowest BCUT2D eigenvalue weighted by Crippen LogP contribution is -2.20. The summed E-state index contributed by atoms with van der Waals surface area (Å²) in [5.41, 5.74) is 0.182. The van der Waals surface area contributed by atoms with Crippen molar-refractivity contribution in [3.05, 3.63) is 12.2 Å². The first kappa shape index (κ1) is 9.96. The van der Waals surface area contributed by atoms with Gasteiger partial charge >= 0.3 is 5.97 Å². The number of carbonyl (C=O) groups excluding carboxylic acids is 1. The summed E-state index contributed by atoms with van der Waals surface area (Å²) in [5, 5.41) is 8.73. The number of carbonyl (C=O) groups is 2. The molecule has 1 saturated carbocycles. The molecular formula is C10H14O3. The summed E-state index contributed by atoms with van der Waals surface area (Å²) in [6, 6.07) is 0. The van der Waals surface area contributed by atoms with Gasteiger partial charge in [0.2, 0.25) is 0 Å². The van der Waals surface area contributed by atoms with Crippen molar-refractivity contribution in [2.45, 2.75) is 19.8 Å². The van der Waals surface area contributed by atoms with E-state index in [0.29, 0.717) is 5.92 Å². The second kappa shape index (κ2) is 3.73. The first-order valence-corrected chi connectivity index (χ1v) is 4.45. The maximum atomic E-state index is 10.7. The normalized spacial score (nSPS) is 32.8. The largest absolute Gasteiger partial charge is 0.478 e. The maximum Gasteiger partial charge on any atom is 0.331 e. The molecule has 1 aliphatic rings. The summed E-state index contributed by atoms with van der Waals surface area (Å²) in [7, 11) is 0. The van der Waals surface area contributed by atoms with E-state index >= 15 is 0 Å². The predicted molar refractivity (Wildman–Crippen MR) is 48.2 cm³/mol. The van der Waals surface area contributed by atoms with Crippen molar-refractivity contribution in [3.63, 3.8) is 0 Å². The Morgan fingerprint density at radius 3 is 2.62 bits per heavy atom. The molecule has 0 aromatic heterocycles. The molecule has 1 fully saturated rings. The molecule has 1 unspecified atom stereocenters. The van der Waals surface area contributed by atoms with E-state index < -0.39 is 5.97 Å². The minimum atomic E-state index is -0.981. The van der Waals surface area contributed by atoms with E-state index in [4.69, 9.17) is 5.11 Å². The lowest BCUT2D eigenvalue weighted by Gasteiger charge is -2.16. The molecule has 0 aromatic rings. The third-order valence-electron chi connectivity index (χ3n) is 2.93. The van der Waals surface area contributed by atoms with E-state index in [1.54, 1.807) is 0 Å². The summed E-state index contributed by atoms with van der Waals surface area (Å²) in [5.74, 6) is -0.988. The van der Waals surface area contributed by atoms with E-state index in [-0.39, 0.29) is 17.4 Å². The fourth-order valence-corrected chi connectivity index (χ4v) is 2.02. The highest BCUT2D eigenvalue weighted by Crippen LogP contribution is 2.39. The van der Waals surface area contributed by atoms with Crippen LogP contribution < -0.4 is 0 Å². The molecule has 13 heavy (non-hydrogen) atoms. The lowest BCUT2D eigenvalue weighted by molar-refractivity contribution is -0.133. The van der Waals surface area contributed by atoms with Crippen LogP contribution in [0.15, 0.2) is 12.2 Å². The number of aliphatic carboxylic acids is 1. The van der Waals surface area contributed by atoms with Crippen molar-refractivity contribution in [1.82, 2.24) is 0 Å². The zero-order valence-electron chi connectivity index (χ0n) is 7.69. The van der Waals surface area contributed by atoms with Gasteiger partial charge in [-0.2, -0.15) is 0 Å². The van der Waals surface area contributed by atoms with Gasteiger partial charge in [0.15, 0.2) is 0 Å². The summed E-state index contributed by atoms with van der Waals surface area (Å²) in [4.78, 5) is 21.4. The zero-order valence-corrected chi connectivity index (χ0v) is 7.69. The number of hydrogen-bond donors (Lipinski definition) is 1. The molecule has 0 saturated heterocycles. The first-order chi connectivity index (χ1) is 6.07. The molecule has 0 aliphatic heterocycles. The van der Waals surface area contributed by atoms with E-state index in [1.165, 1.54) is 0 Å². The Hall–Kier alpha value is -1.12. The Kier molecular flexibility index (Phi) is 2.86. The fraction of sp³-hybridized carbons (Fsp3) is 0.600. The average Bonchev–Trinajstić information content (AvgIpc) is 2.45. The van der Waals surface area contributed by atoms with Gasteiger partial charge in [-0.15, -0.1) is 0 Å². The van der Waals surface area contributed by atoms with Crippen molar-refractivity contribution in [1.29, 1.82) is 0 Å². The van der Waals surface area contributed by atoms with Gasteiger partial charge in [0, 0.05) is 17.4 Å². The second-order valence-electron chi connectivity index (χ2n) is 3.70. The van der Waals surface area contributed by atoms with Crippen LogP contribution in [0.5, 0.6) is 0 Å². The van der Waals surface area contributed by atoms with Gasteiger partial charge in [-0.1, -0.05) is 13.5 Å². The maximum absolute atomic E-state index is 10.7. The van der Waals surface area contributed by atoms with Crippen LogP contribution in [0.25, 0.3) is 0 Å². The summed E-state index contributed by atoms with van der Waals surface area (Å²) in [6.45, 7) is 5.49. The van der Waals surface area contributed by atoms with Crippen LogP contribution in [0.3, 0.4) is 0 Å². The number of aldehydes is 1. The monoisotopic (exact) mass is 182 g/mol. The van der Waals surface area contributed by atoms with Gasteiger partial charge in [0.05, 0.1) is 0 Å². The lowest BCUT2D eigenvalue weighted by atomic mass is 9.87. The minimum absolute atomic E-state index is 0.148. The Morgan fingerprint density at radius 2 is 2.15 bits per heavy atom. The highest BCUT2D eigenvalue weighted by Gasteiger charge is 2.36. The van der Waals surface area contributed by atoms with Crippen LogP contribution in [-0.2, 0) is 9.59 Å². The summed E-state index contributed by atoms with van der Waals surface area (Å²) < 4.78 is 0. The van der Waals surface area contributed by atoms with Crippen LogP contribution in [-0.4, -0.2) is 17.4 Å². The predicted octanol–water partition coefficient (Wildman–Crippen LogP) is 1.49. The number of carboxylic acid groups (broad SMARTS) is 1. The van der Waals surface area contributed by atoms with Crippen LogP contribution in [0.4, 0.5) is 0 Å². The van der Waals surface area contributed by atoms with E-state index in [0.717, 1.165) is 19.1 Å². The van der Waals surface area contributed by atoms with Crippen molar-refractivity contribution in [3.8, 4) is 0 Å². The number of carboxylic acids is 1. The first-order valence-electron chi connectivity index (χ1n) is 4.45. The third-order valence-corrected chi connectivity index (χ3v) is 2.93. The molecule has 72 valence electrons. The highest BCUT2D eigenvalue weighted by atomic mass is 16.4. The Balaban J connectivity index is 2.76. The van der Waals surface area contributed by atoms with E-state index in [2.05, 4.69) is 6.58 Å². The average molecular weight is 182 g/mol. The van der Waals surface area contributed by atoms with E-state index in [9.17, 15) is 9.59 Å². The number of hydrogen-bond acceptors (Lipinski definition) is 2. The van der Waals surface area contributed by atoms with Crippen molar-refractivity contribution >= 4 is 12.3 Å².